The Kier molecular flexibility index (Phi) is 37.2. The second-order valence-corrected chi connectivity index (χ2v) is 16.4. The Hall–Kier alpha value is -2.71. The maximum absolute atomic E-state index is 12.7. The molecule has 0 aliphatic rings. The van der Waals surface area contributed by atoms with Crippen LogP contribution in [0.5, 0.6) is 0 Å². The number of carboxylic acids is 1. The van der Waals surface area contributed by atoms with Crippen molar-refractivity contribution in [1.29, 1.82) is 0 Å². The molecular weight excluding hydrogens is 703 g/mol. The topological polar surface area (TPSA) is 99.1 Å². The number of hydrogen-bond acceptors (Lipinski definition) is 6. The molecule has 0 saturated heterocycles. The van der Waals surface area contributed by atoms with Crippen molar-refractivity contribution in [3.63, 3.8) is 0 Å². The lowest BCUT2D eigenvalue weighted by atomic mass is 10.1. The molecule has 0 aliphatic carbocycles. The number of hydrogen-bond donors (Lipinski definition) is 1. The van der Waals surface area contributed by atoms with Crippen molar-refractivity contribution in [2.75, 3.05) is 41.0 Å². The van der Waals surface area contributed by atoms with Crippen LogP contribution >= 0.6 is 0 Å². The van der Waals surface area contributed by atoms with E-state index in [1.165, 1.54) is 89.9 Å². The van der Waals surface area contributed by atoms with E-state index in [1.807, 2.05) is 21.1 Å². The molecule has 8 nitrogen and oxygen atoms in total. The second-order valence-electron chi connectivity index (χ2n) is 16.4. The van der Waals surface area contributed by atoms with Gasteiger partial charge < -0.3 is 23.8 Å². The molecule has 2 unspecified atom stereocenters. The highest BCUT2D eigenvalue weighted by Gasteiger charge is 2.31. The molecule has 0 aromatic heterocycles. The highest BCUT2D eigenvalue weighted by Crippen LogP contribution is 2.13. The van der Waals surface area contributed by atoms with Crippen molar-refractivity contribution in [3.8, 4) is 0 Å². The summed E-state index contributed by atoms with van der Waals surface area (Å²) in [5.41, 5.74) is 0. The first-order valence-electron chi connectivity index (χ1n) is 22.7. The number of esters is 2. The van der Waals surface area contributed by atoms with Crippen LogP contribution in [0.4, 0.5) is 0 Å². The van der Waals surface area contributed by atoms with E-state index in [2.05, 4.69) is 62.5 Å². The van der Waals surface area contributed by atoms with E-state index in [4.69, 9.17) is 14.2 Å². The van der Waals surface area contributed by atoms with Crippen molar-refractivity contribution in [3.05, 3.63) is 48.6 Å². The summed E-state index contributed by atoms with van der Waals surface area (Å²) in [4.78, 5) is 37.0. The summed E-state index contributed by atoms with van der Waals surface area (Å²) in [6, 6.07) is -0.624. The maximum Gasteiger partial charge on any atom is 0.362 e. The lowest BCUT2D eigenvalue weighted by molar-refractivity contribution is -0.887. The SMILES string of the molecule is CCCCCCCCC/C=C/C=C/CCCCCC(=O)OCC(COCCC(C(=O)O)[N+](C)(C)C)OC(=O)CCCCC/C=C/C=C/CCCCCCCCC. The monoisotopic (exact) mass is 789 g/mol. The molecule has 0 heterocycles. The Labute approximate surface area is 344 Å². The number of unbranched alkanes of at least 4 members (excludes halogenated alkanes) is 20. The van der Waals surface area contributed by atoms with Crippen molar-refractivity contribution >= 4 is 17.9 Å². The van der Waals surface area contributed by atoms with E-state index in [-0.39, 0.29) is 36.2 Å². The van der Waals surface area contributed by atoms with E-state index in [0.29, 0.717) is 19.3 Å². The molecular formula is C48H86NO7+. The third kappa shape index (κ3) is 36.9. The van der Waals surface area contributed by atoms with Gasteiger partial charge in [-0.2, -0.15) is 0 Å². The van der Waals surface area contributed by atoms with Crippen LogP contribution in [0.1, 0.15) is 187 Å². The van der Waals surface area contributed by atoms with E-state index in [1.54, 1.807) is 0 Å². The zero-order valence-corrected chi connectivity index (χ0v) is 36.8. The maximum atomic E-state index is 12.7. The molecule has 0 aromatic carbocycles. The quantitative estimate of drug-likeness (QED) is 0.0286. The van der Waals surface area contributed by atoms with Gasteiger partial charge in [0.2, 0.25) is 0 Å². The first-order chi connectivity index (χ1) is 27.1. The fraction of sp³-hybridized carbons (Fsp3) is 0.771. The summed E-state index contributed by atoms with van der Waals surface area (Å²) < 4.78 is 17.2. The summed E-state index contributed by atoms with van der Waals surface area (Å²) >= 11 is 0. The highest BCUT2D eigenvalue weighted by atomic mass is 16.6. The first kappa shape index (κ1) is 53.3. The molecule has 0 bridgehead atoms. The van der Waals surface area contributed by atoms with Crippen molar-refractivity contribution < 1.29 is 38.2 Å². The highest BCUT2D eigenvalue weighted by molar-refractivity contribution is 5.72. The number of carbonyl (C=O) groups excluding carboxylic acids is 2. The van der Waals surface area contributed by atoms with Gasteiger partial charge in [-0.25, -0.2) is 4.79 Å². The Morgan fingerprint density at radius 3 is 1.34 bits per heavy atom. The summed E-state index contributed by atoms with van der Waals surface area (Å²) in [7, 11) is 5.51. The van der Waals surface area contributed by atoms with Crippen LogP contribution in [-0.2, 0) is 28.6 Å². The molecule has 324 valence electrons. The van der Waals surface area contributed by atoms with Gasteiger partial charge in [-0.1, -0.05) is 152 Å². The standard InChI is InChI=1S/C48H85NO7/c1-6-8-10-12-14-16-18-20-22-24-26-28-30-32-34-36-38-46(50)55-43-44(42-54-41-40-45(48(52)53)49(3,4)5)56-47(51)39-37-35-33-31-29-27-25-23-21-19-17-15-13-11-9-7-2/h22-29,44-45H,6-21,30-43H2,1-5H3/p+1/b24-22+,25-23+,28-26+,29-27+. The summed E-state index contributed by atoms with van der Waals surface area (Å²) in [6.07, 6.45) is 45.8. The molecule has 0 aromatic rings. The van der Waals surface area contributed by atoms with Gasteiger partial charge in [-0.15, -0.1) is 0 Å². The molecule has 0 amide bonds. The number of rotatable bonds is 40. The number of aliphatic carboxylic acids is 1. The molecule has 1 N–H and O–H groups in total. The van der Waals surface area contributed by atoms with E-state index in [9.17, 15) is 19.5 Å². The van der Waals surface area contributed by atoms with Crippen LogP contribution < -0.4 is 0 Å². The second kappa shape index (κ2) is 39.1. The largest absolute Gasteiger partial charge is 0.477 e. The van der Waals surface area contributed by atoms with Crippen LogP contribution in [0.2, 0.25) is 0 Å². The minimum Gasteiger partial charge on any atom is -0.477 e. The lowest BCUT2D eigenvalue weighted by Gasteiger charge is -2.31. The lowest BCUT2D eigenvalue weighted by Crippen LogP contribution is -2.50. The number of likely N-dealkylation sites (N-methyl/N-ethyl adjacent to an activating group) is 1. The normalized spacial score (nSPS) is 13.4. The Morgan fingerprint density at radius 1 is 0.536 bits per heavy atom. The Morgan fingerprint density at radius 2 is 0.929 bits per heavy atom. The van der Waals surface area contributed by atoms with Crippen LogP contribution in [0.3, 0.4) is 0 Å². The van der Waals surface area contributed by atoms with Crippen LogP contribution in [0.15, 0.2) is 48.6 Å². The predicted molar refractivity (Wildman–Crippen MR) is 234 cm³/mol. The van der Waals surface area contributed by atoms with Gasteiger partial charge in [0.25, 0.3) is 0 Å². The van der Waals surface area contributed by atoms with Gasteiger partial charge in [-0.05, 0) is 64.2 Å². The molecule has 2 atom stereocenters. The number of quaternary nitrogens is 1. The molecule has 0 saturated carbocycles. The van der Waals surface area contributed by atoms with E-state index >= 15 is 0 Å². The van der Waals surface area contributed by atoms with Gasteiger partial charge in [0.15, 0.2) is 12.1 Å². The van der Waals surface area contributed by atoms with Crippen molar-refractivity contribution in [1.82, 2.24) is 0 Å². The van der Waals surface area contributed by atoms with Crippen LogP contribution in [0.25, 0.3) is 0 Å². The Bertz CT molecular complexity index is 1060. The van der Waals surface area contributed by atoms with E-state index in [0.717, 1.165) is 64.2 Å². The molecule has 56 heavy (non-hydrogen) atoms. The average molecular weight is 789 g/mol. The van der Waals surface area contributed by atoms with Crippen molar-refractivity contribution in [2.45, 2.75) is 199 Å². The third-order valence-electron chi connectivity index (χ3n) is 10.0. The van der Waals surface area contributed by atoms with Crippen LogP contribution in [0, 0.1) is 0 Å². The van der Waals surface area contributed by atoms with E-state index < -0.39 is 18.1 Å². The Balaban J connectivity index is 4.43. The summed E-state index contributed by atoms with van der Waals surface area (Å²) in [5, 5.41) is 9.62. The van der Waals surface area contributed by atoms with Crippen LogP contribution in [-0.4, -0.2) is 80.6 Å². The average Bonchev–Trinajstić information content (AvgIpc) is 3.15. The number of allylic oxidation sites excluding steroid dienone is 8. The molecule has 0 radical (unpaired) electrons. The van der Waals surface area contributed by atoms with Gasteiger partial charge in [0.1, 0.15) is 6.61 Å². The minimum absolute atomic E-state index is 0.0413. The van der Waals surface area contributed by atoms with Gasteiger partial charge >= 0.3 is 17.9 Å². The molecule has 8 heteroatoms. The number of carboxylic acid groups (broad SMARTS) is 1. The molecule has 0 rings (SSSR count). The predicted octanol–water partition coefficient (Wildman–Crippen LogP) is 12.4. The number of carbonyl (C=O) groups is 3. The fourth-order valence-corrected chi connectivity index (χ4v) is 6.43. The van der Waals surface area contributed by atoms with Gasteiger partial charge in [-0.3, -0.25) is 9.59 Å². The molecule has 0 fully saturated rings. The molecule has 0 spiro atoms. The first-order valence-corrected chi connectivity index (χ1v) is 22.7. The van der Waals surface area contributed by atoms with Gasteiger partial charge in [0.05, 0.1) is 34.4 Å². The number of ether oxygens (including phenoxy) is 3. The fourth-order valence-electron chi connectivity index (χ4n) is 6.43. The summed E-state index contributed by atoms with van der Waals surface area (Å²) in [5.74, 6) is -1.54. The summed E-state index contributed by atoms with van der Waals surface area (Å²) in [6.45, 7) is 4.67. The third-order valence-corrected chi connectivity index (χ3v) is 10.0. The molecule has 0 aliphatic heterocycles. The zero-order chi connectivity index (χ0) is 41.4. The zero-order valence-electron chi connectivity index (χ0n) is 36.8. The minimum atomic E-state index is -0.884. The van der Waals surface area contributed by atoms with Crippen molar-refractivity contribution in [2.24, 2.45) is 0 Å². The number of nitrogens with zero attached hydrogens (tertiary/aromatic N) is 1. The van der Waals surface area contributed by atoms with Gasteiger partial charge in [0, 0.05) is 19.3 Å². The smallest absolute Gasteiger partial charge is 0.362 e.